The molecule has 0 fully saturated rings. The molecule has 0 aromatic carbocycles. The Morgan fingerprint density at radius 3 is 2.42 bits per heavy atom. The molecule has 0 saturated heterocycles. The zero-order chi connectivity index (χ0) is 9.35. The summed E-state index contributed by atoms with van der Waals surface area (Å²) in [5.74, 6) is 0.324. The van der Waals surface area contributed by atoms with Crippen LogP contribution < -0.4 is 0 Å². The quantitative estimate of drug-likeness (QED) is 0.504. The maximum Gasteiger partial charge on any atom is 0.159 e. The second-order valence-electron chi connectivity index (χ2n) is 3.61. The van der Waals surface area contributed by atoms with Gasteiger partial charge in [0.15, 0.2) is 5.04 Å². The van der Waals surface area contributed by atoms with Crippen molar-refractivity contribution in [1.29, 1.82) is 0 Å². The molecule has 1 rings (SSSR count). The minimum absolute atomic E-state index is 0.166. The summed E-state index contributed by atoms with van der Waals surface area (Å²) >= 11 is 1.50. The van der Waals surface area contributed by atoms with Crippen LogP contribution in [0.1, 0.15) is 27.7 Å². The zero-order valence-electron chi connectivity index (χ0n) is 7.83. The Bertz CT molecular complexity index is 243. The molecule has 0 amide bonds. The van der Waals surface area contributed by atoms with Gasteiger partial charge in [-0.25, -0.2) is 0 Å². The van der Waals surface area contributed by atoms with Crippen molar-refractivity contribution in [2.45, 2.75) is 32.6 Å². The van der Waals surface area contributed by atoms with Gasteiger partial charge in [0.25, 0.3) is 0 Å². The van der Waals surface area contributed by atoms with E-state index in [1.54, 1.807) is 0 Å². The number of thioether (sulfide) groups is 1. The SMILES string of the molecule is CC(C)C1=NC(C)(C)S/C1=N\O. The summed E-state index contributed by atoms with van der Waals surface area (Å²) in [6, 6.07) is 0. The van der Waals surface area contributed by atoms with Gasteiger partial charge in [0, 0.05) is 0 Å². The van der Waals surface area contributed by atoms with Crippen LogP contribution in [-0.4, -0.2) is 20.8 Å². The van der Waals surface area contributed by atoms with Crippen molar-refractivity contribution in [2.75, 3.05) is 0 Å². The van der Waals surface area contributed by atoms with Crippen LogP contribution in [0.4, 0.5) is 0 Å². The van der Waals surface area contributed by atoms with Crippen LogP contribution in [0.25, 0.3) is 0 Å². The van der Waals surface area contributed by atoms with Crippen molar-refractivity contribution in [1.82, 2.24) is 0 Å². The topological polar surface area (TPSA) is 45.0 Å². The molecule has 3 nitrogen and oxygen atoms in total. The van der Waals surface area contributed by atoms with E-state index in [1.165, 1.54) is 11.8 Å². The average molecular weight is 186 g/mol. The van der Waals surface area contributed by atoms with Gasteiger partial charge in [0.2, 0.25) is 0 Å². The Kier molecular flexibility index (Phi) is 2.46. The van der Waals surface area contributed by atoms with E-state index in [0.717, 1.165) is 5.71 Å². The molecular formula is C8H14N2OS. The van der Waals surface area contributed by atoms with Crippen molar-refractivity contribution in [3.05, 3.63) is 0 Å². The summed E-state index contributed by atoms with van der Waals surface area (Å²) in [6.45, 7) is 8.12. The first-order chi connectivity index (χ1) is 5.46. The summed E-state index contributed by atoms with van der Waals surface area (Å²) in [4.78, 5) is 4.30. The number of aliphatic imine (C=N–C) groups is 1. The van der Waals surface area contributed by atoms with Crippen LogP contribution >= 0.6 is 11.8 Å². The third-order valence-electron chi connectivity index (χ3n) is 1.59. The van der Waals surface area contributed by atoms with E-state index in [4.69, 9.17) is 5.21 Å². The van der Waals surface area contributed by atoms with E-state index in [2.05, 4.69) is 10.1 Å². The van der Waals surface area contributed by atoms with Crippen molar-refractivity contribution in [3.8, 4) is 0 Å². The normalized spacial score (nSPS) is 25.1. The number of rotatable bonds is 1. The summed E-state index contributed by atoms with van der Waals surface area (Å²) in [6.07, 6.45) is 0. The molecule has 68 valence electrons. The van der Waals surface area contributed by atoms with Crippen LogP contribution in [-0.2, 0) is 0 Å². The molecule has 0 bridgehead atoms. The molecule has 4 heteroatoms. The van der Waals surface area contributed by atoms with Gasteiger partial charge < -0.3 is 5.21 Å². The van der Waals surface area contributed by atoms with E-state index in [1.807, 2.05) is 27.7 Å². The molecule has 1 N–H and O–H groups in total. The van der Waals surface area contributed by atoms with Gasteiger partial charge in [-0.15, -0.1) is 0 Å². The zero-order valence-corrected chi connectivity index (χ0v) is 8.64. The molecule has 1 aliphatic rings. The molecule has 12 heavy (non-hydrogen) atoms. The van der Waals surface area contributed by atoms with E-state index in [0.29, 0.717) is 11.0 Å². The largest absolute Gasteiger partial charge is 0.410 e. The summed E-state index contributed by atoms with van der Waals surface area (Å²) < 4.78 is 0. The molecule has 1 heterocycles. The maximum atomic E-state index is 8.70. The van der Waals surface area contributed by atoms with Crippen molar-refractivity contribution < 1.29 is 5.21 Å². The highest BCUT2D eigenvalue weighted by Gasteiger charge is 2.32. The first-order valence-electron chi connectivity index (χ1n) is 3.97. The minimum atomic E-state index is -0.166. The Labute approximate surface area is 77.0 Å². The molecule has 0 unspecified atom stereocenters. The fourth-order valence-electron chi connectivity index (χ4n) is 1.10. The van der Waals surface area contributed by atoms with Gasteiger partial charge in [-0.3, -0.25) is 4.99 Å². The first kappa shape index (κ1) is 9.58. The molecule has 0 aromatic heterocycles. The highest BCUT2D eigenvalue weighted by atomic mass is 32.2. The Morgan fingerprint density at radius 1 is 1.50 bits per heavy atom. The summed E-state index contributed by atoms with van der Waals surface area (Å²) in [5.41, 5.74) is 0.910. The highest BCUT2D eigenvalue weighted by Crippen LogP contribution is 2.35. The van der Waals surface area contributed by atoms with Gasteiger partial charge in [-0.05, 0) is 19.8 Å². The fourth-order valence-corrected chi connectivity index (χ4v) is 2.14. The van der Waals surface area contributed by atoms with Gasteiger partial charge >= 0.3 is 0 Å². The molecule has 1 aliphatic heterocycles. The molecule has 0 spiro atoms. The maximum absolute atomic E-state index is 8.70. The molecule has 0 aromatic rings. The minimum Gasteiger partial charge on any atom is -0.410 e. The molecular weight excluding hydrogens is 172 g/mol. The number of hydrogen-bond donors (Lipinski definition) is 1. The number of oxime groups is 1. The molecule has 0 aliphatic carbocycles. The van der Waals surface area contributed by atoms with Gasteiger partial charge in [-0.1, -0.05) is 30.8 Å². The standard InChI is InChI=1S/C8H14N2OS/c1-5(2)6-7(10-11)12-8(3,4)9-6/h5,11H,1-4H3/b10-7-. The number of nitrogens with zero attached hydrogens (tertiary/aromatic N) is 2. The van der Waals surface area contributed by atoms with Crippen LogP contribution in [0.5, 0.6) is 0 Å². The van der Waals surface area contributed by atoms with E-state index in [9.17, 15) is 0 Å². The van der Waals surface area contributed by atoms with E-state index < -0.39 is 0 Å². The Balaban J connectivity index is 2.96. The average Bonchev–Trinajstić information content (AvgIpc) is 2.25. The Hall–Kier alpha value is -0.510. The van der Waals surface area contributed by atoms with Crippen LogP contribution in [0.15, 0.2) is 10.1 Å². The highest BCUT2D eigenvalue weighted by molar-refractivity contribution is 8.17. The lowest BCUT2D eigenvalue weighted by Crippen LogP contribution is -2.13. The summed E-state index contributed by atoms with van der Waals surface area (Å²) in [7, 11) is 0. The molecule has 0 saturated carbocycles. The monoisotopic (exact) mass is 186 g/mol. The fraction of sp³-hybridized carbons (Fsp3) is 0.750. The van der Waals surface area contributed by atoms with Crippen molar-refractivity contribution >= 4 is 22.5 Å². The molecule has 0 radical (unpaired) electrons. The predicted octanol–water partition coefficient (Wildman–Crippen LogP) is 2.35. The second-order valence-corrected chi connectivity index (χ2v) is 5.20. The number of hydrogen-bond acceptors (Lipinski definition) is 4. The van der Waals surface area contributed by atoms with Crippen molar-refractivity contribution in [3.63, 3.8) is 0 Å². The molecule has 0 atom stereocenters. The summed E-state index contributed by atoms with van der Waals surface area (Å²) in [5, 5.41) is 12.6. The smallest absolute Gasteiger partial charge is 0.159 e. The van der Waals surface area contributed by atoms with Gasteiger partial charge in [0.05, 0.1) is 5.71 Å². The van der Waals surface area contributed by atoms with Crippen LogP contribution in [0, 0.1) is 5.92 Å². The Morgan fingerprint density at radius 2 is 2.08 bits per heavy atom. The predicted molar refractivity (Wildman–Crippen MR) is 53.2 cm³/mol. The third-order valence-corrected chi connectivity index (χ3v) is 2.67. The third kappa shape index (κ3) is 1.80. The van der Waals surface area contributed by atoms with Crippen LogP contribution in [0.3, 0.4) is 0 Å². The van der Waals surface area contributed by atoms with Crippen molar-refractivity contribution in [2.24, 2.45) is 16.1 Å². The lowest BCUT2D eigenvalue weighted by molar-refractivity contribution is 0.321. The van der Waals surface area contributed by atoms with E-state index in [-0.39, 0.29) is 4.87 Å². The first-order valence-corrected chi connectivity index (χ1v) is 4.79. The van der Waals surface area contributed by atoms with Gasteiger partial charge in [-0.2, -0.15) is 0 Å². The second kappa shape index (κ2) is 3.09. The lowest BCUT2D eigenvalue weighted by Gasteiger charge is -2.09. The van der Waals surface area contributed by atoms with Gasteiger partial charge in [0.1, 0.15) is 4.87 Å². The van der Waals surface area contributed by atoms with E-state index >= 15 is 0 Å². The lowest BCUT2D eigenvalue weighted by atomic mass is 10.1. The van der Waals surface area contributed by atoms with Crippen LogP contribution in [0.2, 0.25) is 0 Å².